The second-order valence-corrected chi connectivity index (χ2v) is 12.4. The third-order valence-electron chi connectivity index (χ3n) is 8.17. The molecule has 5 N–H and O–H groups in total. The Labute approximate surface area is 227 Å². The van der Waals surface area contributed by atoms with Gasteiger partial charge in [0.2, 0.25) is 0 Å². The quantitative estimate of drug-likeness (QED) is 0.328. The summed E-state index contributed by atoms with van der Waals surface area (Å²) in [6, 6.07) is -1.07. The zero-order valence-electron chi connectivity index (χ0n) is 24.3. The standard InChI is InChI=1S/C28H50N2O8/c1-9-16-13-18(30-26(33)38-27(4,5)6)19(22-15(3)11-12-17(10-2)36-22)20(31)23(16)37-25-21(32)24(29-8)28(7,34)14-35-25/h12,15-16,18-25,29,31-32,34H,9-11,13-14H2,1-8H3,(H,30,33). The Bertz CT molecular complexity index is 828. The van der Waals surface area contributed by atoms with E-state index >= 15 is 0 Å². The van der Waals surface area contributed by atoms with Crippen LogP contribution in [0.3, 0.4) is 0 Å². The molecule has 0 aromatic rings. The van der Waals surface area contributed by atoms with E-state index in [0.29, 0.717) is 12.8 Å². The molecular weight excluding hydrogens is 492 g/mol. The van der Waals surface area contributed by atoms with Gasteiger partial charge in [-0.3, -0.25) is 0 Å². The van der Waals surface area contributed by atoms with Gasteiger partial charge in [-0.2, -0.15) is 0 Å². The van der Waals surface area contributed by atoms with Crippen molar-refractivity contribution in [3.8, 4) is 0 Å². The molecule has 3 rings (SSSR count). The zero-order chi connectivity index (χ0) is 28.4. The Morgan fingerprint density at radius 2 is 1.92 bits per heavy atom. The summed E-state index contributed by atoms with van der Waals surface area (Å²) < 4.78 is 24.0. The first kappa shape index (κ1) is 31.1. The van der Waals surface area contributed by atoms with E-state index in [4.69, 9.17) is 18.9 Å². The Balaban J connectivity index is 1.89. The molecule has 0 spiro atoms. The van der Waals surface area contributed by atoms with E-state index in [1.165, 1.54) is 0 Å². The molecule has 2 aliphatic heterocycles. The van der Waals surface area contributed by atoms with Gasteiger partial charge in [0.05, 0.1) is 30.6 Å². The normalized spacial score (nSPS) is 42.1. The molecule has 1 saturated carbocycles. The Hall–Kier alpha value is -1.43. The number of amides is 1. The summed E-state index contributed by atoms with van der Waals surface area (Å²) in [5.74, 6) is 0.362. The number of allylic oxidation sites excluding steroid dienone is 2. The lowest BCUT2D eigenvalue weighted by Crippen LogP contribution is -2.67. The van der Waals surface area contributed by atoms with Gasteiger partial charge >= 0.3 is 6.09 Å². The minimum atomic E-state index is -1.28. The molecule has 0 aromatic heterocycles. The third-order valence-corrected chi connectivity index (χ3v) is 8.17. The highest BCUT2D eigenvalue weighted by Crippen LogP contribution is 2.42. The van der Waals surface area contributed by atoms with E-state index in [0.717, 1.165) is 18.6 Å². The van der Waals surface area contributed by atoms with Crippen LogP contribution < -0.4 is 10.6 Å². The Morgan fingerprint density at radius 3 is 2.50 bits per heavy atom. The van der Waals surface area contributed by atoms with Crippen molar-refractivity contribution in [2.45, 2.75) is 128 Å². The van der Waals surface area contributed by atoms with Crippen molar-refractivity contribution in [3.63, 3.8) is 0 Å². The van der Waals surface area contributed by atoms with Gasteiger partial charge in [0.1, 0.15) is 23.4 Å². The molecule has 220 valence electrons. The fraction of sp³-hybridized carbons (Fsp3) is 0.893. The smallest absolute Gasteiger partial charge is 0.407 e. The molecule has 10 heteroatoms. The average molecular weight is 543 g/mol. The molecule has 1 saturated heterocycles. The first-order valence-electron chi connectivity index (χ1n) is 14.1. The van der Waals surface area contributed by atoms with Crippen molar-refractivity contribution in [2.24, 2.45) is 17.8 Å². The molecule has 0 radical (unpaired) electrons. The van der Waals surface area contributed by atoms with E-state index in [-0.39, 0.29) is 24.5 Å². The van der Waals surface area contributed by atoms with Crippen molar-refractivity contribution in [2.75, 3.05) is 13.7 Å². The van der Waals surface area contributed by atoms with Crippen LogP contribution in [0.2, 0.25) is 0 Å². The van der Waals surface area contributed by atoms with Gasteiger partial charge in [0.15, 0.2) is 6.29 Å². The van der Waals surface area contributed by atoms with Crippen molar-refractivity contribution < 1.29 is 39.1 Å². The maximum absolute atomic E-state index is 12.8. The van der Waals surface area contributed by atoms with Crippen LogP contribution in [0.5, 0.6) is 0 Å². The van der Waals surface area contributed by atoms with Crippen molar-refractivity contribution in [1.82, 2.24) is 10.6 Å². The first-order valence-corrected chi connectivity index (χ1v) is 14.1. The van der Waals surface area contributed by atoms with E-state index < -0.39 is 59.9 Å². The predicted octanol–water partition coefficient (Wildman–Crippen LogP) is 2.45. The molecule has 0 bridgehead atoms. The van der Waals surface area contributed by atoms with Crippen molar-refractivity contribution in [3.05, 3.63) is 11.8 Å². The number of hydrogen-bond donors (Lipinski definition) is 5. The number of nitrogens with one attached hydrogen (secondary N) is 2. The average Bonchev–Trinajstić information content (AvgIpc) is 2.81. The van der Waals surface area contributed by atoms with Gasteiger partial charge in [-0.05, 0) is 65.5 Å². The second-order valence-electron chi connectivity index (χ2n) is 12.4. The highest BCUT2D eigenvalue weighted by atomic mass is 16.7. The number of likely N-dealkylation sites (N-methyl/N-ethyl adjacent to an activating group) is 1. The van der Waals surface area contributed by atoms with E-state index in [9.17, 15) is 20.1 Å². The molecule has 2 fully saturated rings. The molecule has 10 nitrogen and oxygen atoms in total. The first-order chi connectivity index (χ1) is 17.7. The summed E-state index contributed by atoms with van der Waals surface area (Å²) in [7, 11) is 1.67. The maximum atomic E-state index is 12.8. The topological polar surface area (TPSA) is 139 Å². The largest absolute Gasteiger partial charge is 0.494 e. The summed E-state index contributed by atoms with van der Waals surface area (Å²) in [5, 5.41) is 39.5. The third kappa shape index (κ3) is 7.01. The van der Waals surface area contributed by atoms with E-state index in [1.54, 1.807) is 14.0 Å². The molecular formula is C28H50N2O8. The number of aliphatic hydroxyl groups is 3. The van der Waals surface area contributed by atoms with Crippen LogP contribution in [-0.2, 0) is 18.9 Å². The molecule has 38 heavy (non-hydrogen) atoms. The SMILES string of the molecule is CCC1=CCC(C)C(C2C(NC(=O)OC(C)(C)C)CC(CC)C(OC3OCC(C)(O)C(NC)C3O)C2O)O1. The number of carbonyl (C=O) groups excluding carboxylic acids is 1. The molecule has 1 amide bonds. The van der Waals surface area contributed by atoms with Crippen LogP contribution in [0.25, 0.3) is 0 Å². The van der Waals surface area contributed by atoms with Gasteiger partial charge < -0.3 is 44.9 Å². The van der Waals surface area contributed by atoms with Gasteiger partial charge in [0, 0.05) is 18.4 Å². The number of ether oxygens (including phenoxy) is 4. The molecule has 1 aliphatic carbocycles. The number of carbonyl (C=O) groups is 1. The fourth-order valence-electron chi connectivity index (χ4n) is 6.18. The highest BCUT2D eigenvalue weighted by molar-refractivity contribution is 5.68. The monoisotopic (exact) mass is 542 g/mol. The van der Waals surface area contributed by atoms with E-state index in [2.05, 4.69) is 23.6 Å². The predicted molar refractivity (Wildman–Crippen MR) is 142 cm³/mol. The van der Waals surface area contributed by atoms with Crippen LogP contribution in [0.15, 0.2) is 11.8 Å². The van der Waals surface area contributed by atoms with Gasteiger partial charge in [-0.1, -0.05) is 27.2 Å². The fourth-order valence-corrected chi connectivity index (χ4v) is 6.18. The number of rotatable bonds is 7. The summed E-state index contributed by atoms with van der Waals surface area (Å²) in [6.07, 6.45) is 0.100. The van der Waals surface area contributed by atoms with Gasteiger partial charge in [-0.15, -0.1) is 0 Å². The van der Waals surface area contributed by atoms with Crippen molar-refractivity contribution >= 4 is 6.09 Å². The van der Waals surface area contributed by atoms with Gasteiger partial charge in [-0.25, -0.2) is 4.79 Å². The van der Waals surface area contributed by atoms with Gasteiger partial charge in [0.25, 0.3) is 0 Å². The summed E-state index contributed by atoms with van der Waals surface area (Å²) in [6.45, 7) is 13.1. The summed E-state index contributed by atoms with van der Waals surface area (Å²) >= 11 is 0. The molecule has 0 aromatic carbocycles. The van der Waals surface area contributed by atoms with Crippen LogP contribution in [0.1, 0.15) is 74.1 Å². The maximum Gasteiger partial charge on any atom is 0.407 e. The van der Waals surface area contributed by atoms with Crippen LogP contribution in [-0.4, -0.2) is 89.1 Å². The second kappa shape index (κ2) is 12.4. The molecule has 11 atom stereocenters. The highest BCUT2D eigenvalue weighted by Gasteiger charge is 2.53. The lowest BCUT2D eigenvalue weighted by atomic mass is 9.68. The van der Waals surface area contributed by atoms with Crippen LogP contribution in [0.4, 0.5) is 4.79 Å². The minimum absolute atomic E-state index is 0.0283. The van der Waals surface area contributed by atoms with Crippen LogP contribution in [0, 0.1) is 17.8 Å². The molecule has 2 heterocycles. The summed E-state index contributed by atoms with van der Waals surface area (Å²) in [5.41, 5.74) is -1.93. The molecule has 11 unspecified atom stereocenters. The lowest BCUT2D eigenvalue weighted by molar-refractivity contribution is -0.302. The molecule has 3 aliphatic rings. The van der Waals surface area contributed by atoms with Crippen LogP contribution >= 0.6 is 0 Å². The Morgan fingerprint density at radius 1 is 1.24 bits per heavy atom. The summed E-state index contributed by atoms with van der Waals surface area (Å²) in [4.78, 5) is 12.8. The number of hydrogen-bond acceptors (Lipinski definition) is 9. The Kier molecular flexibility index (Phi) is 10.1. The zero-order valence-corrected chi connectivity index (χ0v) is 24.3. The lowest BCUT2D eigenvalue weighted by Gasteiger charge is -2.51. The minimum Gasteiger partial charge on any atom is -0.494 e. The number of alkyl carbamates (subject to hydrolysis) is 1. The number of aliphatic hydroxyl groups excluding tert-OH is 2. The van der Waals surface area contributed by atoms with Crippen molar-refractivity contribution in [1.29, 1.82) is 0 Å². The van der Waals surface area contributed by atoms with E-state index in [1.807, 2.05) is 34.6 Å².